The lowest BCUT2D eigenvalue weighted by Crippen LogP contribution is -2.52. The molecule has 1 aliphatic carbocycles. The van der Waals surface area contributed by atoms with Gasteiger partial charge in [-0.1, -0.05) is 19.3 Å². The summed E-state index contributed by atoms with van der Waals surface area (Å²) < 4.78 is 12.2. The van der Waals surface area contributed by atoms with E-state index in [0.717, 1.165) is 19.7 Å². The molecule has 4 nitrogen and oxygen atoms in total. The topological polar surface area (TPSA) is 47.7 Å². The molecule has 2 aliphatic heterocycles. The lowest BCUT2D eigenvalue weighted by molar-refractivity contribution is -0.0988. The van der Waals surface area contributed by atoms with E-state index in [1.165, 1.54) is 44.9 Å². The first-order valence-corrected chi connectivity index (χ1v) is 8.44. The van der Waals surface area contributed by atoms with Crippen molar-refractivity contribution >= 4 is 0 Å². The van der Waals surface area contributed by atoms with E-state index in [1.54, 1.807) is 0 Å². The van der Waals surface area contributed by atoms with E-state index in [4.69, 9.17) is 15.2 Å². The molecule has 0 bridgehead atoms. The summed E-state index contributed by atoms with van der Waals surface area (Å²) in [6.45, 7) is 5.70. The summed E-state index contributed by atoms with van der Waals surface area (Å²) in [4.78, 5) is 2.52. The Hall–Kier alpha value is -0.160. The molecule has 2 heterocycles. The van der Waals surface area contributed by atoms with Crippen LogP contribution in [-0.2, 0) is 9.47 Å². The second-order valence-electron chi connectivity index (χ2n) is 7.02. The van der Waals surface area contributed by atoms with Gasteiger partial charge < -0.3 is 15.2 Å². The van der Waals surface area contributed by atoms with Crippen LogP contribution in [0.5, 0.6) is 0 Å². The fourth-order valence-corrected chi connectivity index (χ4v) is 4.12. The highest BCUT2D eigenvalue weighted by Crippen LogP contribution is 2.42. The molecule has 0 radical (unpaired) electrons. The van der Waals surface area contributed by atoms with Gasteiger partial charge in [-0.25, -0.2) is 0 Å². The third kappa shape index (κ3) is 3.19. The molecule has 0 aromatic rings. The Balaban J connectivity index is 1.53. The van der Waals surface area contributed by atoms with Crippen LogP contribution in [0.2, 0.25) is 0 Å². The van der Waals surface area contributed by atoms with Gasteiger partial charge in [0.2, 0.25) is 0 Å². The third-order valence-corrected chi connectivity index (χ3v) is 5.44. The van der Waals surface area contributed by atoms with Crippen molar-refractivity contribution in [3.63, 3.8) is 0 Å². The molecule has 3 fully saturated rings. The monoisotopic (exact) mass is 282 g/mol. The predicted molar refractivity (Wildman–Crippen MR) is 79.8 cm³/mol. The molecule has 3 rings (SSSR count). The SMILES string of the molecule is CC1COC(CN)CN1CC1CCC2(CCCCC2)O1. The minimum atomic E-state index is 0.205. The number of morpholine rings is 1. The molecule has 0 aromatic carbocycles. The van der Waals surface area contributed by atoms with Gasteiger partial charge in [0.05, 0.1) is 24.4 Å². The zero-order valence-corrected chi connectivity index (χ0v) is 12.9. The van der Waals surface area contributed by atoms with Gasteiger partial charge in [-0.15, -0.1) is 0 Å². The largest absolute Gasteiger partial charge is 0.374 e. The van der Waals surface area contributed by atoms with Crippen molar-refractivity contribution < 1.29 is 9.47 Å². The summed E-state index contributed by atoms with van der Waals surface area (Å²) >= 11 is 0. The quantitative estimate of drug-likeness (QED) is 0.859. The zero-order valence-electron chi connectivity index (χ0n) is 12.9. The lowest BCUT2D eigenvalue weighted by Gasteiger charge is -2.39. The predicted octanol–water partition coefficient (Wildman–Crippen LogP) is 1.92. The molecular weight excluding hydrogens is 252 g/mol. The highest BCUT2D eigenvalue weighted by molar-refractivity contribution is 4.93. The molecule has 2 N–H and O–H groups in total. The number of hydrogen-bond acceptors (Lipinski definition) is 4. The Morgan fingerprint density at radius 1 is 1.15 bits per heavy atom. The normalized spacial score (nSPS) is 38.4. The van der Waals surface area contributed by atoms with Crippen molar-refractivity contribution in [3.05, 3.63) is 0 Å². The average Bonchev–Trinajstić information content (AvgIpc) is 2.84. The van der Waals surface area contributed by atoms with Crippen LogP contribution in [0.15, 0.2) is 0 Å². The lowest BCUT2D eigenvalue weighted by atomic mass is 9.83. The van der Waals surface area contributed by atoms with Crippen molar-refractivity contribution in [2.45, 2.75) is 75.7 Å². The fraction of sp³-hybridized carbons (Fsp3) is 1.00. The van der Waals surface area contributed by atoms with E-state index in [0.29, 0.717) is 18.7 Å². The smallest absolute Gasteiger partial charge is 0.0824 e. The molecule has 1 saturated carbocycles. The molecule has 0 aromatic heterocycles. The maximum absolute atomic E-state index is 6.50. The number of hydrogen-bond donors (Lipinski definition) is 1. The summed E-state index contributed by atoms with van der Waals surface area (Å²) in [5, 5.41) is 0. The molecular formula is C16H30N2O2. The first kappa shape index (κ1) is 14.8. The van der Waals surface area contributed by atoms with E-state index in [1.807, 2.05) is 0 Å². The van der Waals surface area contributed by atoms with Crippen LogP contribution in [0.4, 0.5) is 0 Å². The molecule has 116 valence electrons. The highest BCUT2D eigenvalue weighted by atomic mass is 16.5. The van der Waals surface area contributed by atoms with Crippen molar-refractivity contribution in [1.29, 1.82) is 0 Å². The number of nitrogens with two attached hydrogens (primary N) is 1. The number of rotatable bonds is 3. The van der Waals surface area contributed by atoms with Crippen LogP contribution in [0, 0.1) is 0 Å². The molecule has 1 spiro atoms. The molecule has 2 saturated heterocycles. The van der Waals surface area contributed by atoms with Gasteiger partial charge in [0.15, 0.2) is 0 Å². The van der Waals surface area contributed by atoms with E-state index in [-0.39, 0.29) is 11.7 Å². The van der Waals surface area contributed by atoms with Crippen molar-refractivity contribution in [1.82, 2.24) is 4.90 Å². The minimum absolute atomic E-state index is 0.205. The first-order valence-electron chi connectivity index (χ1n) is 8.44. The van der Waals surface area contributed by atoms with Crippen LogP contribution < -0.4 is 5.73 Å². The van der Waals surface area contributed by atoms with Crippen LogP contribution in [-0.4, -0.2) is 55.0 Å². The Morgan fingerprint density at radius 2 is 1.95 bits per heavy atom. The summed E-state index contributed by atoms with van der Waals surface area (Å²) in [5.74, 6) is 0. The molecule has 3 unspecified atom stereocenters. The van der Waals surface area contributed by atoms with Crippen LogP contribution in [0.3, 0.4) is 0 Å². The zero-order chi connectivity index (χ0) is 14.0. The maximum Gasteiger partial charge on any atom is 0.0824 e. The summed E-state index contributed by atoms with van der Waals surface area (Å²) in [6.07, 6.45) is 9.82. The van der Waals surface area contributed by atoms with Gasteiger partial charge in [-0.2, -0.15) is 0 Å². The fourth-order valence-electron chi connectivity index (χ4n) is 4.12. The van der Waals surface area contributed by atoms with Crippen molar-refractivity contribution in [2.75, 3.05) is 26.2 Å². The molecule has 3 atom stereocenters. The summed E-state index contributed by atoms with van der Waals surface area (Å²) in [7, 11) is 0. The Labute approximate surface area is 123 Å². The Bertz CT molecular complexity index is 318. The second kappa shape index (κ2) is 6.30. The van der Waals surface area contributed by atoms with E-state index >= 15 is 0 Å². The van der Waals surface area contributed by atoms with Gasteiger partial charge in [-0.3, -0.25) is 4.90 Å². The van der Waals surface area contributed by atoms with Gasteiger partial charge in [-0.05, 0) is 32.6 Å². The average molecular weight is 282 g/mol. The molecule has 4 heteroatoms. The standard InChI is InChI=1S/C16H30N2O2/c1-13-12-19-15(9-17)11-18(13)10-14-5-8-16(20-14)6-3-2-4-7-16/h13-15H,2-12,17H2,1H3. The maximum atomic E-state index is 6.50. The molecule has 0 amide bonds. The van der Waals surface area contributed by atoms with Gasteiger partial charge in [0.1, 0.15) is 0 Å². The van der Waals surface area contributed by atoms with Crippen LogP contribution in [0.25, 0.3) is 0 Å². The van der Waals surface area contributed by atoms with Gasteiger partial charge in [0, 0.05) is 25.7 Å². The molecule has 3 aliphatic rings. The third-order valence-electron chi connectivity index (χ3n) is 5.44. The van der Waals surface area contributed by atoms with Crippen molar-refractivity contribution in [3.8, 4) is 0 Å². The van der Waals surface area contributed by atoms with Gasteiger partial charge in [0.25, 0.3) is 0 Å². The van der Waals surface area contributed by atoms with E-state index in [2.05, 4.69) is 11.8 Å². The van der Waals surface area contributed by atoms with Gasteiger partial charge >= 0.3 is 0 Å². The Morgan fingerprint density at radius 3 is 2.70 bits per heavy atom. The molecule has 20 heavy (non-hydrogen) atoms. The van der Waals surface area contributed by atoms with E-state index < -0.39 is 0 Å². The summed E-state index contributed by atoms with van der Waals surface area (Å²) in [6, 6.07) is 0.490. The minimum Gasteiger partial charge on any atom is -0.374 e. The van der Waals surface area contributed by atoms with E-state index in [9.17, 15) is 0 Å². The highest BCUT2D eigenvalue weighted by Gasteiger charge is 2.41. The number of nitrogens with zero attached hydrogens (tertiary/aromatic N) is 1. The van der Waals surface area contributed by atoms with Crippen LogP contribution >= 0.6 is 0 Å². The van der Waals surface area contributed by atoms with Crippen molar-refractivity contribution in [2.24, 2.45) is 5.73 Å². The van der Waals surface area contributed by atoms with Crippen LogP contribution in [0.1, 0.15) is 51.9 Å². The number of ether oxygens (including phenoxy) is 2. The first-order chi connectivity index (χ1) is 9.71. The summed E-state index contributed by atoms with van der Waals surface area (Å²) in [5.41, 5.74) is 5.99. The second-order valence-corrected chi connectivity index (χ2v) is 7.02. The Kier molecular flexibility index (Phi) is 4.65.